The van der Waals surface area contributed by atoms with Gasteiger partial charge in [0.25, 0.3) is 0 Å². The second-order valence-corrected chi connectivity index (χ2v) is 5.62. The van der Waals surface area contributed by atoms with Crippen LogP contribution in [0.4, 0.5) is 0 Å². The SMILES string of the molecule is CC(C)Oc1c(C(C)C)cc(C=O)cc1C(C)C. The van der Waals surface area contributed by atoms with Gasteiger partial charge < -0.3 is 4.74 Å². The van der Waals surface area contributed by atoms with Crippen molar-refractivity contribution in [3.8, 4) is 5.75 Å². The molecule has 0 radical (unpaired) electrons. The van der Waals surface area contributed by atoms with Gasteiger partial charge in [-0.25, -0.2) is 0 Å². The van der Waals surface area contributed by atoms with Gasteiger partial charge in [0.2, 0.25) is 0 Å². The van der Waals surface area contributed by atoms with E-state index in [9.17, 15) is 4.79 Å². The Bertz CT molecular complexity index is 388. The molecule has 100 valence electrons. The van der Waals surface area contributed by atoms with E-state index in [2.05, 4.69) is 27.7 Å². The van der Waals surface area contributed by atoms with E-state index in [0.29, 0.717) is 11.8 Å². The Morgan fingerprint density at radius 2 is 1.39 bits per heavy atom. The lowest BCUT2D eigenvalue weighted by atomic mass is 9.91. The lowest BCUT2D eigenvalue weighted by Gasteiger charge is -2.22. The van der Waals surface area contributed by atoms with Crippen LogP contribution < -0.4 is 4.74 Å². The van der Waals surface area contributed by atoms with Crippen molar-refractivity contribution in [3.63, 3.8) is 0 Å². The summed E-state index contributed by atoms with van der Waals surface area (Å²) in [6.45, 7) is 12.6. The third kappa shape index (κ3) is 3.34. The van der Waals surface area contributed by atoms with E-state index in [4.69, 9.17) is 4.74 Å². The lowest BCUT2D eigenvalue weighted by Crippen LogP contribution is -2.11. The number of carbonyl (C=O) groups is 1. The molecule has 0 atom stereocenters. The molecule has 0 saturated carbocycles. The fourth-order valence-electron chi connectivity index (χ4n) is 2.00. The number of hydrogen-bond acceptors (Lipinski definition) is 2. The Balaban J connectivity index is 3.44. The average molecular weight is 248 g/mol. The summed E-state index contributed by atoms with van der Waals surface area (Å²) in [5.74, 6) is 1.65. The van der Waals surface area contributed by atoms with Crippen molar-refractivity contribution in [1.82, 2.24) is 0 Å². The minimum absolute atomic E-state index is 0.141. The topological polar surface area (TPSA) is 26.3 Å². The molecule has 0 aliphatic carbocycles. The Kier molecular flexibility index (Phi) is 4.94. The van der Waals surface area contributed by atoms with E-state index in [1.165, 1.54) is 0 Å². The van der Waals surface area contributed by atoms with Gasteiger partial charge in [-0.3, -0.25) is 4.79 Å². The van der Waals surface area contributed by atoms with E-state index < -0.39 is 0 Å². The minimum Gasteiger partial charge on any atom is -0.490 e. The number of ether oxygens (including phenoxy) is 1. The third-order valence-electron chi connectivity index (χ3n) is 2.90. The number of carbonyl (C=O) groups excluding carboxylic acids is 1. The predicted molar refractivity (Wildman–Crippen MR) is 75.8 cm³/mol. The summed E-state index contributed by atoms with van der Waals surface area (Å²) in [5.41, 5.74) is 2.98. The van der Waals surface area contributed by atoms with Crippen LogP contribution in [0.1, 0.15) is 74.9 Å². The summed E-state index contributed by atoms with van der Waals surface area (Å²) in [4.78, 5) is 11.0. The first-order chi connectivity index (χ1) is 8.36. The van der Waals surface area contributed by atoms with Crippen LogP contribution in [0.2, 0.25) is 0 Å². The molecule has 0 aromatic heterocycles. The van der Waals surface area contributed by atoms with Crippen LogP contribution in [0.25, 0.3) is 0 Å². The van der Waals surface area contributed by atoms with Crippen molar-refractivity contribution < 1.29 is 9.53 Å². The molecule has 0 amide bonds. The Morgan fingerprint density at radius 1 is 0.944 bits per heavy atom. The summed E-state index contributed by atoms with van der Waals surface area (Å²) in [6, 6.07) is 3.89. The quantitative estimate of drug-likeness (QED) is 0.715. The van der Waals surface area contributed by atoms with Crippen molar-refractivity contribution >= 4 is 6.29 Å². The van der Waals surface area contributed by atoms with Crippen molar-refractivity contribution in [2.45, 2.75) is 59.5 Å². The highest BCUT2D eigenvalue weighted by Crippen LogP contribution is 2.36. The van der Waals surface area contributed by atoms with E-state index in [0.717, 1.165) is 28.7 Å². The first kappa shape index (κ1) is 14.7. The molecule has 2 heteroatoms. The molecule has 0 spiro atoms. The van der Waals surface area contributed by atoms with Crippen LogP contribution in [0.3, 0.4) is 0 Å². The molecule has 1 aromatic carbocycles. The van der Waals surface area contributed by atoms with Crippen LogP contribution >= 0.6 is 0 Å². The monoisotopic (exact) mass is 248 g/mol. The molecule has 0 aliphatic rings. The molecule has 0 N–H and O–H groups in total. The van der Waals surface area contributed by atoms with E-state index in [-0.39, 0.29) is 6.10 Å². The second-order valence-electron chi connectivity index (χ2n) is 5.62. The maximum Gasteiger partial charge on any atom is 0.150 e. The Hall–Kier alpha value is -1.31. The lowest BCUT2D eigenvalue weighted by molar-refractivity contribution is 0.112. The van der Waals surface area contributed by atoms with Crippen LogP contribution in [-0.2, 0) is 0 Å². The van der Waals surface area contributed by atoms with Gasteiger partial charge in [0.15, 0.2) is 0 Å². The number of rotatable bonds is 5. The molecule has 2 nitrogen and oxygen atoms in total. The van der Waals surface area contributed by atoms with Crippen molar-refractivity contribution in [2.24, 2.45) is 0 Å². The molecule has 1 rings (SSSR count). The van der Waals surface area contributed by atoms with Gasteiger partial charge in [0.05, 0.1) is 6.10 Å². The third-order valence-corrected chi connectivity index (χ3v) is 2.90. The fourth-order valence-corrected chi connectivity index (χ4v) is 2.00. The van der Waals surface area contributed by atoms with Gasteiger partial charge in [0, 0.05) is 5.56 Å². The highest BCUT2D eigenvalue weighted by molar-refractivity contribution is 5.77. The molecular weight excluding hydrogens is 224 g/mol. The van der Waals surface area contributed by atoms with Crippen LogP contribution in [0.15, 0.2) is 12.1 Å². The molecule has 0 saturated heterocycles. The summed E-state index contributed by atoms with van der Waals surface area (Å²) in [7, 11) is 0. The fraction of sp³-hybridized carbons (Fsp3) is 0.562. The highest BCUT2D eigenvalue weighted by Gasteiger charge is 2.17. The van der Waals surface area contributed by atoms with Gasteiger partial charge in [-0.15, -0.1) is 0 Å². The standard InChI is InChI=1S/C16H24O2/c1-10(2)14-7-13(9-17)8-15(11(3)4)16(14)18-12(5)6/h7-12H,1-6H3. The Morgan fingerprint density at radius 3 is 1.67 bits per heavy atom. The number of hydrogen-bond donors (Lipinski definition) is 0. The number of benzene rings is 1. The number of aldehydes is 1. The van der Waals surface area contributed by atoms with Crippen LogP contribution in [0, 0.1) is 0 Å². The Labute approximate surface area is 110 Å². The van der Waals surface area contributed by atoms with Crippen molar-refractivity contribution in [3.05, 3.63) is 28.8 Å². The first-order valence-corrected chi connectivity index (χ1v) is 6.66. The van der Waals surface area contributed by atoms with Gasteiger partial charge in [0.1, 0.15) is 12.0 Å². The van der Waals surface area contributed by atoms with E-state index in [1.807, 2.05) is 26.0 Å². The normalized spacial score (nSPS) is 11.4. The first-order valence-electron chi connectivity index (χ1n) is 6.66. The summed E-state index contributed by atoms with van der Waals surface area (Å²) >= 11 is 0. The molecular formula is C16H24O2. The zero-order valence-electron chi connectivity index (χ0n) is 12.3. The van der Waals surface area contributed by atoms with Gasteiger partial charge in [-0.05, 0) is 48.9 Å². The predicted octanol–water partition coefficient (Wildman–Crippen LogP) is 4.53. The molecule has 0 aliphatic heterocycles. The summed E-state index contributed by atoms with van der Waals surface area (Å²) in [5, 5.41) is 0. The molecule has 1 aromatic rings. The molecule has 0 fully saturated rings. The van der Waals surface area contributed by atoms with Gasteiger partial charge in [-0.1, -0.05) is 27.7 Å². The zero-order valence-corrected chi connectivity index (χ0v) is 12.3. The van der Waals surface area contributed by atoms with Crippen molar-refractivity contribution in [2.75, 3.05) is 0 Å². The maximum absolute atomic E-state index is 11.0. The molecule has 18 heavy (non-hydrogen) atoms. The molecule has 0 bridgehead atoms. The van der Waals surface area contributed by atoms with Crippen LogP contribution in [-0.4, -0.2) is 12.4 Å². The minimum atomic E-state index is 0.141. The highest BCUT2D eigenvalue weighted by atomic mass is 16.5. The summed E-state index contributed by atoms with van der Waals surface area (Å²) < 4.78 is 5.98. The smallest absolute Gasteiger partial charge is 0.150 e. The average Bonchev–Trinajstić information content (AvgIpc) is 2.27. The zero-order chi connectivity index (χ0) is 13.9. The summed E-state index contributed by atoms with van der Waals surface area (Å²) in [6.07, 6.45) is 1.05. The largest absolute Gasteiger partial charge is 0.490 e. The maximum atomic E-state index is 11.0. The van der Waals surface area contributed by atoms with Gasteiger partial charge in [-0.2, -0.15) is 0 Å². The molecule has 0 heterocycles. The van der Waals surface area contributed by atoms with E-state index in [1.54, 1.807) is 0 Å². The second kappa shape index (κ2) is 6.03. The van der Waals surface area contributed by atoms with Gasteiger partial charge >= 0.3 is 0 Å². The van der Waals surface area contributed by atoms with E-state index >= 15 is 0 Å². The van der Waals surface area contributed by atoms with Crippen LogP contribution in [0.5, 0.6) is 5.75 Å². The molecule has 0 unspecified atom stereocenters. The van der Waals surface area contributed by atoms with Crippen molar-refractivity contribution in [1.29, 1.82) is 0 Å².